The second-order valence-electron chi connectivity index (χ2n) is 7.54. The van der Waals surface area contributed by atoms with Crippen LogP contribution in [0, 0.1) is 3.95 Å². The predicted octanol–water partition coefficient (Wildman–Crippen LogP) is 5.37. The molecule has 1 amide bonds. The van der Waals surface area contributed by atoms with E-state index in [2.05, 4.69) is 29.1 Å². The van der Waals surface area contributed by atoms with Gasteiger partial charge in [-0.15, -0.1) is 0 Å². The molecule has 2 aromatic heterocycles. The zero-order valence-corrected chi connectivity index (χ0v) is 20.7. The molecule has 0 radical (unpaired) electrons. The molecule has 2 heterocycles. The van der Waals surface area contributed by atoms with Crippen LogP contribution in [0.2, 0.25) is 0 Å². The number of anilines is 1. The topological polar surface area (TPSA) is 89.0 Å². The minimum Gasteiger partial charge on any atom is -0.497 e. The van der Waals surface area contributed by atoms with Crippen LogP contribution in [-0.2, 0) is 4.79 Å². The third kappa shape index (κ3) is 5.18. The summed E-state index contributed by atoms with van der Waals surface area (Å²) >= 11 is 7.85. The molecule has 7 nitrogen and oxygen atoms in total. The maximum absolute atomic E-state index is 12.7. The number of hydrogen-bond acceptors (Lipinski definition) is 7. The van der Waals surface area contributed by atoms with Crippen molar-refractivity contribution in [2.24, 2.45) is 0 Å². The van der Waals surface area contributed by atoms with Gasteiger partial charge < -0.3 is 15.0 Å². The first-order chi connectivity index (χ1) is 15.9. The van der Waals surface area contributed by atoms with Crippen molar-refractivity contribution in [2.45, 2.75) is 24.9 Å². The minimum atomic E-state index is -0.287. The van der Waals surface area contributed by atoms with Gasteiger partial charge in [-0.1, -0.05) is 55.1 Å². The molecule has 0 bridgehead atoms. The maximum atomic E-state index is 12.7. The van der Waals surface area contributed by atoms with Gasteiger partial charge in [0.05, 0.1) is 18.6 Å². The van der Waals surface area contributed by atoms with E-state index in [1.807, 2.05) is 48.5 Å². The third-order valence-corrected chi connectivity index (χ3v) is 7.17. The highest BCUT2D eigenvalue weighted by atomic mass is 32.2. The Morgan fingerprint density at radius 1 is 1.27 bits per heavy atom. The largest absolute Gasteiger partial charge is 0.497 e. The number of aromatic nitrogens is 3. The molecule has 2 N–H and O–H groups in total. The molecule has 0 aliphatic heterocycles. The second kappa shape index (κ2) is 9.90. The highest BCUT2D eigenvalue weighted by Crippen LogP contribution is 2.26. The molecular formula is C23H22N4O3S3. The molecule has 170 valence electrons. The molecule has 0 spiro atoms. The Morgan fingerprint density at radius 3 is 2.73 bits per heavy atom. The smallest absolute Gasteiger partial charge is 0.271 e. The molecule has 0 saturated carbocycles. The first-order valence-electron chi connectivity index (χ1n) is 10.2. The van der Waals surface area contributed by atoms with Crippen molar-refractivity contribution >= 4 is 57.3 Å². The van der Waals surface area contributed by atoms with E-state index in [1.54, 1.807) is 11.7 Å². The number of carbonyl (C=O) groups excluding carboxylic acids is 1. The summed E-state index contributed by atoms with van der Waals surface area (Å²) in [4.78, 5) is 32.4. The number of thioether (sulfide) groups is 1. The van der Waals surface area contributed by atoms with E-state index in [9.17, 15) is 9.59 Å². The van der Waals surface area contributed by atoms with Crippen molar-refractivity contribution in [3.05, 3.63) is 68.4 Å². The summed E-state index contributed by atoms with van der Waals surface area (Å²) in [5, 5.41) is 3.22. The summed E-state index contributed by atoms with van der Waals surface area (Å²) in [5.74, 6) is 1.02. The lowest BCUT2D eigenvalue weighted by Gasteiger charge is -2.09. The van der Waals surface area contributed by atoms with E-state index in [4.69, 9.17) is 17.0 Å². The fraction of sp³-hybridized carbons (Fsp3) is 0.217. The summed E-state index contributed by atoms with van der Waals surface area (Å²) < 4.78 is 7.98. The molecule has 0 fully saturated rings. The van der Waals surface area contributed by atoms with Crippen molar-refractivity contribution in [3.63, 3.8) is 0 Å². The van der Waals surface area contributed by atoms with Crippen molar-refractivity contribution in [1.82, 2.24) is 14.5 Å². The zero-order valence-electron chi connectivity index (χ0n) is 18.2. The molecule has 0 aliphatic carbocycles. The number of amides is 1. The van der Waals surface area contributed by atoms with Crippen molar-refractivity contribution in [3.8, 4) is 11.4 Å². The number of rotatable bonds is 7. The monoisotopic (exact) mass is 498 g/mol. The van der Waals surface area contributed by atoms with Gasteiger partial charge in [-0.2, -0.15) is 0 Å². The van der Waals surface area contributed by atoms with Crippen LogP contribution in [0.1, 0.15) is 25.3 Å². The van der Waals surface area contributed by atoms with Crippen LogP contribution >= 0.6 is 35.3 Å². The standard InChI is InChI=1S/C23H22N4O3S3/c1-13(2)14-7-9-15(10-8-14)24-18(28)12-32-22-25-20-19(21(29)26-22)33-23(31)27(20)16-5-4-6-17(11-16)30-3/h4-11,13H,12H2,1-3H3,(H,24,28)(H,25,26,29). The molecule has 0 unspecified atom stereocenters. The number of nitrogens with zero attached hydrogens (tertiary/aromatic N) is 2. The van der Waals surface area contributed by atoms with Crippen molar-refractivity contribution in [2.75, 3.05) is 18.2 Å². The molecule has 10 heteroatoms. The van der Waals surface area contributed by atoms with Gasteiger partial charge in [-0.05, 0) is 48.0 Å². The first kappa shape index (κ1) is 23.2. The third-order valence-electron chi connectivity index (χ3n) is 4.93. The number of thiazole rings is 1. The van der Waals surface area contributed by atoms with E-state index in [0.29, 0.717) is 31.1 Å². The number of carbonyl (C=O) groups is 1. The Bertz CT molecular complexity index is 1420. The van der Waals surface area contributed by atoms with Gasteiger partial charge in [-0.25, -0.2) is 4.98 Å². The van der Waals surface area contributed by atoms with E-state index >= 15 is 0 Å². The number of hydrogen-bond donors (Lipinski definition) is 2. The number of methoxy groups -OCH3 is 1. The average Bonchev–Trinajstić information content (AvgIpc) is 3.14. The molecule has 4 rings (SSSR count). The number of H-pyrrole nitrogens is 1. The van der Waals surface area contributed by atoms with Gasteiger partial charge >= 0.3 is 0 Å². The molecule has 33 heavy (non-hydrogen) atoms. The molecule has 4 aromatic rings. The van der Waals surface area contributed by atoms with E-state index in [0.717, 1.165) is 23.1 Å². The van der Waals surface area contributed by atoms with Gasteiger partial charge in [0.1, 0.15) is 10.4 Å². The Labute approximate surface area is 203 Å². The van der Waals surface area contributed by atoms with Gasteiger partial charge in [0, 0.05) is 11.8 Å². The summed E-state index contributed by atoms with van der Waals surface area (Å²) in [6, 6.07) is 15.2. The Morgan fingerprint density at radius 2 is 2.03 bits per heavy atom. The lowest BCUT2D eigenvalue weighted by Crippen LogP contribution is -2.15. The maximum Gasteiger partial charge on any atom is 0.271 e. The van der Waals surface area contributed by atoms with Crippen molar-refractivity contribution < 1.29 is 9.53 Å². The molecular weight excluding hydrogens is 476 g/mol. The van der Waals surface area contributed by atoms with Crippen LogP contribution in [0.4, 0.5) is 5.69 Å². The minimum absolute atomic E-state index is 0.102. The van der Waals surface area contributed by atoms with E-state index < -0.39 is 0 Å². The van der Waals surface area contributed by atoms with Crippen LogP contribution in [0.5, 0.6) is 5.75 Å². The Balaban J connectivity index is 1.55. The number of fused-ring (bicyclic) bond motifs is 1. The fourth-order valence-electron chi connectivity index (χ4n) is 3.22. The summed E-state index contributed by atoms with van der Waals surface area (Å²) in [6.07, 6.45) is 0. The number of nitrogens with one attached hydrogen (secondary N) is 2. The van der Waals surface area contributed by atoms with Gasteiger partial charge in [-0.3, -0.25) is 14.2 Å². The van der Waals surface area contributed by atoms with Gasteiger partial charge in [0.15, 0.2) is 14.8 Å². The number of aromatic amines is 1. The predicted molar refractivity (Wildman–Crippen MR) is 137 cm³/mol. The Kier molecular flexibility index (Phi) is 6.96. The van der Waals surface area contributed by atoms with Crippen LogP contribution in [0.15, 0.2) is 58.5 Å². The lowest BCUT2D eigenvalue weighted by atomic mass is 10.0. The van der Waals surface area contributed by atoms with Crippen molar-refractivity contribution in [1.29, 1.82) is 0 Å². The molecule has 0 atom stereocenters. The highest BCUT2D eigenvalue weighted by Gasteiger charge is 2.15. The molecule has 0 saturated heterocycles. The highest BCUT2D eigenvalue weighted by molar-refractivity contribution is 7.99. The van der Waals surface area contributed by atoms with Gasteiger partial charge in [0.25, 0.3) is 5.56 Å². The normalized spacial score (nSPS) is 11.2. The van der Waals surface area contributed by atoms with E-state index in [1.165, 1.54) is 16.9 Å². The van der Waals surface area contributed by atoms with Crippen LogP contribution in [0.25, 0.3) is 16.0 Å². The Hall–Kier alpha value is -2.95. The SMILES string of the molecule is COc1cccc(-n2c(=S)sc3c(=O)[nH]c(SCC(=O)Nc4ccc(C(C)C)cc4)nc32)c1. The summed E-state index contributed by atoms with van der Waals surface area (Å²) in [6.45, 7) is 4.24. The lowest BCUT2D eigenvalue weighted by molar-refractivity contribution is -0.113. The molecule has 0 aliphatic rings. The zero-order chi connectivity index (χ0) is 23.5. The summed E-state index contributed by atoms with van der Waals surface area (Å²) in [5.41, 5.74) is 2.85. The fourth-order valence-corrected chi connectivity index (χ4v) is 5.15. The summed E-state index contributed by atoms with van der Waals surface area (Å²) in [7, 11) is 1.59. The van der Waals surface area contributed by atoms with Crippen LogP contribution in [-0.4, -0.2) is 33.3 Å². The number of ether oxygens (including phenoxy) is 1. The first-order valence-corrected chi connectivity index (χ1v) is 12.4. The van der Waals surface area contributed by atoms with E-state index in [-0.39, 0.29) is 17.2 Å². The molecule has 2 aromatic carbocycles. The van der Waals surface area contributed by atoms with Gasteiger partial charge in [0.2, 0.25) is 5.91 Å². The quantitative estimate of drug-likeness (QED) is 0.202. The van der Waals surface area contributed by atoms with Crippen LogP contribution < -0.4 is 15.6 Å². The second-order valence-corrected chi connectivity index (χ2v) is 10.2. The average molecular weight is 499 g/mol. The van der Waals surface area contributed by atoms with Crippen LogP contribution in [0.3, 0.4) is 0 Å². The number of benzene rings is 2.